The first-order chi connectivity index (χ1) is 9.38. The lowest BCUT2D eigenvalue weighted by Gasteiger charge is -2.37. The van der Waals surface area contributed by atoms with Gasteiger partial charge in [-0.15, -0.1) is 0 Å². The molecule has 0 saturated carbocycles. The summed E-state index contributed by atoms with van der Waals surface area (Å²) in [5.74, 6) is 0.216. The van der Waals surface area contributed by atoms with Gasteiger partial charge in [0.15, 0.2) is 0 Å². The number of hydrogen-bond donors (Lipinski definition) is 2. The molecule has 1 amide bonds. The first-order valence-electron chi connectivity index (χ1n) is 6.11. The number of nitrogens with zero attached hydrogens (tertiary/aromatic N) is 1. The summed E-state index contributed by atoms with van der Waals surface area (Å²) in [6.07, 6.45) is -0.315. The quantitative estimate of drug-likeness (QED) is 0.863. The molecule has 1 fully saturated rings. The van der Waals surface area contributed by atoms with Crippen molar-refractivity contribution in [3.8, 4) is 0 Å². The Labute approximate surface area is 122 Å². The zero-order valence-corrected chi connectivity index (χ0v) is 12.2. The molecule has 6 nitrogen and oxygen atoms in total. The van der Waals surface area contributed by atoms with E-state index >= 15 is 0 Å². The molecular weight excluding hydrogens is 304 g/mol. The maximum Gasteiger partial charge on any atom is 0.407 e. The van der Waals surface area contributed by atoms with Gasteiger partial charge in [0.25, 0.3) is 0 Å². The standard InChI is InChI=1S/C12H15ClN2O4S/c13-10-2-1-3-11(6-10)20(18,19)14-5-4-9-7-15(8-9)12(16)17/h1-3,6,9,14H,4-5,7-8H2,(H,16,17). The maximum absolute atomic E-state index is 12.0. The lowest BCUT2D eigenvalue weighted by molar-refractivity contribution is 0.0790. The highest BCUT2D eigenvalue weighted by atomic mass is 35.5. The van der Waals surface area contributed by atoms with Crippen LogP contribution in [0.15, 0.2) is 29.2 Å². The first-order valence-corrected chi connectivity index (χ1v) is 7.98. The summed E-state index contributed by atoms with van der Waals surface area (Å²) in [6, 6.07) is 6.05. The SMILES string of the molecule is O=C(O)N1CC(CCNS(=O)(=O)c2cccc(Cl)c2)C1. The van der Waals surface area contributed by atoms with Gasteiger partial charge in [-0.3, -0.25) is 0 Å². The van der Waals surface area contributed by atoms with Crippen LogP contribution in [0.25, 0.3) is 0 Å². The number of sulfonamides is 1. The molecule has 1 aliphatic heterocycles. The fraction of sp³-hybridized carbons (Fsp3) is 0.417. The van der Waals surface area contributed by atoms with Crippen molar-refractivity contribution >= 4 is 27.7 Å². The summed E-state index contributed by atoms with van der Waals surface area (Å²) >= 11 is 5.76. The summed E-state index contributed by atoms with van der Waals surface area (Å²) in [7, 11) is -3.56. The third kappa shape index (κ3) is 3.62. The van der Waals surface area contributed by atoms with Crippen LogP contribution in [-0.4, -0.2) is 44.2 Å². The van der Waals surface area contributed by atoms with Crippen molar-refractivity contribution < 1.29 is 18.3 Å². The number of likely N-dealkylation sites (tertiary alicyclic amines) is 1. The van der Waals surface area contributed by atoms with Gasteiger partial charge in [-0.25, -0.2) is 17.9 Å². The van der Waals surface area contributed by atoms with Crippen LogP contribution in [0.1, 0.15) is 6.42 Å². The molecule has 0 radical (unpaired) electrons. The second-order valence-corrected chi connectivity index (χ2v) is 6.90. The van der Waals surface area contributed by atoms with E-state index in [0.29, 0.717) is 24.5 Å². The van der Waals surface area contributed by atoms with Gasteiger partial charge in [0.05, 0.1) is 4.90 Å². The highest BCUT2D eigenvalue weighted by Gasteiger charge is 2.30. The molecule has 0 aromatic heterocycles. The Bertz CT molecular complexity index is 599. The summed E-state index contributed by atoms with van der Waals surface area (Å²) < 4.78 is 26.4. The lowest BCUT2D eigenvalue weighted by Crippen LogP contribution is -2.50. The van der Waals surface area contributed by atoms with Gasteiger partial charge in [-0.2, -0.15) is 0 Å². The molecule has 110 valence electrons. The van der Waals surface area contributed by atoms with Gasteiger partial charge in [-0.05, 0) is 30.5 Å². The van der Waals surface area contributed by atoms with Gasteiger partial charge >= 0.3 is 6.09 Å². The van der Waals surface area contributed by atoms with Gasteiger partial charge in [-0.1, -0.05) is 17.7 Å². The number of amides is 1. The molecule has 1 saturated heterocycles. The predicted molar refractivity (Wildman–Crippen MR) is 74.3 cm³/mol. The minimum atomic E-state index is -3.56. The highest BCUT2D eigenvalue weighted by molar-refractivity contribution is 7.89. The highest BCUT2D eigenvalue weighted by Crippen LogP contribution is 2.19. The predicted octanol–water partition coefficient (Wildman–Crippen LogP) is 1.62. The molecule has 2 rings (SSSR count). The van der Waals surface area contributed by atoms with E-state index in [0.717, 1.165) is 0 Å². The third-order valence-electron chi connectivity index (χ3n) is 3.18. The number of carbonyl (C=O) groups is 1. The van der Waals surface area contributed by atoms with E-state index in [1.807, 2.05) is 0 Å². The average Bonchev–Trinajstić information content (AvgIpc) is 2.31. The molecule has 2 N–H and O–H groups in total. The Morgan fingerprint density at radius 2 is 2.15 bits per heavy atom. The number of halogens is 1. The van der Waals surface area contributed by atoms with Crippen molar-refractivity contribution in [1.82, 2.24) is 9.62 Å². The van der Waals surface area contributed by atoms with Gasteiger partial charge in [0, 0.05) is 24.7 Å². The Balaban J connectivity index is 1.81. The van der Waals surface area contributed by atoms with E-state index in [1.54, 1.807) is 12.1 Å². The van der Waals surface area contributed by atoms with Gasteiger partial charge in [0.1, 0.15) is 0 Å². The zero-order chi connectivity index (χ0) is 14.8. The van der Waals surface area contributed by atoms with E-state index in [9.17, 15) is 13.2 Å². The molecule has 8 heteroatoms. The molecule has 1 aromatic carbocycles. The van der Waals surface area contributed by atoms with Gasteiger partial charge in [0.2, 0.25) is 10.0 Å². The summed E-state index contributed by atoms with van der Waals surface area (Å²) in [6.45, 7) is 1.22. The molecule has 0 aliphatic carbocycles. The van der Waals surface area contributed by atoms with Crippen LogP contribution in [0, 0.1) is 5.92 Å². The number of hydrogen-bond acceptors (Lipinski definition) is 3. The Morgan fingerprint density at radius 1 is 1.45 bits per heavy atom. The largest absolute Gasteiger partial charge is 0.465 e. The zero-order valence-electron chi connectivity index (χ0n) is 10.6. The van der Waals surface area contributed by atoms with Crippen LogP contribution in [0.2, 0.25) is 5.02 Å². The van der Waals surface area contributed by atoms with Crippen molar-refractivity contribution in [1.29, 1.82) is 0 Å². The van der Waals surface area contributed by atoms with Crippen molar-refractivity contribution in [2.45, 2.75) is 11.3 Å². The smallest absolute Gasteiger partial charge is 0.407 e. The van der Waals surface area contributed by atoms with Crippen LogP contribution in [0.4, 0.5) is 4.79 Å². The monoisotopic (exact) mass is 318 g/mol. The fourth-order valence-electron chi connectivity index (χ4n) is 2.02. The molecule has 0 spiro atoms. The second-order valence-electron chi connectivity index (χ2n) is 4.70. The molecule has 0 bridgehead atoms. The van der Waals surface area contributed by atoms with Crippen molar-refractivity contribution in [3.63, 3.8) is 0 Å². The van der Waals surface area contributed by atoms with Crippen molar-refractivity contribution in [2.24, 2.45) is 5.92 Å². The maximum atomic E-state index is 12.0. The van der Waals surface area contributed by atoms with Crippen molar-refractivity contribution in [2.75, 3.05) is 19.6 Å². The molecule has 0 unspecified atom stereocenters. The van der Waals surface area contributed by atoms with Crippen LogP contribution in [0.3, 0.4) is 0 Å². The normalized spacial score (nSPS) is 15.9. The third-order valence-corrected chi connectivity index (χ3v) is 4.87. The summed E-state index contributed by atoms with van der Waals surface area (Å²) in [4.78, 5) is 12.0. The molecule has 1 aliphatic rings. The molecule has 1 heterocycles. The Kier molecular flexibility index (Phi) is 4.52. The summed E-state index contributed by atoms with van der Waals surface area (Å²) in [5.41, 5.74) is 0. The van der Waals surface area contributed by atoms with Crippen LogP contribution < -0.4 is 4.72 Å². The summed E-state index contributed by atoms with van der Waals surface area (Å²) in [5, 5.41) is 9.05. The lowest BCUT2D eigenvalue weighted by atomic mass is 9.97. The Hall–Kier alpha value is -1.31. The fourth-order valence-corrected chi connectivity index (χ4v) is 3.37. The van der Waals surface area contributed by atoms with Crippen LogP contribution in [-0.2, 0) is 10.0 Å². The van der Waals surface area contributed by atoms with Crippen molar-refractivity contribution in [3.05, 3.63) is 29.3 Å². The molecular formula is C12H15ClN2O4S. The van der Waals surface area contributed by atoms with E-state index in [2.05, 4.69) is 4.72 Å². The number of rotatable bonds is 5. The minimum Gasteiger partial charge on any atom is -0.465 e. The molecule has 1 aromatic rings. The van der Waals surface area contributed by atoms with E-state index < -0.39 is 16.1 Å². The molecule has 20 heavy (non-hydrogen) atoms. The number of carboxylic acid groups (broad SMARTS) is 1. The first kappa shape index (κ1) is 15.1. The average molecular weight is 319 g/mol. The van der Waals surface area contributed by atoms with E-state index in [1.165, 1.54) is 17.0 Å². The van der Waals surface area contributed by atoms with Gasteiger partial charge < -0.3 is 10.0 Å². The van der Waals surface area contributed by atoms with E-state index in [-0.39, 0.29) is 17.4 Å². The minimum absolute atomic E-state index is 0.130. The number of benzene rings is 1. The molecule has 0 atom stereocenters. The van der Waals surface area contributed by atoms with Crippen LogP contribution >= 0.6 is 11.6 Å². The van der Waals surface area contributed by atoms with Crippen LogP contribution in [0.5, 0.6) is 0 Å². The number of nitrogens with one attached hydrogen (secondary N) is 1. The topological polar surface area (TPSA) is 86.7 Å². The van der Waals surface area contributed by atoms with E-state index in [4.69, 9.17) is 16.7 Å². The Morgan fingerprint density at radius 3 is 2.75 bits per heavy atom. The second kappa shape index (κ2) is 5.99.